The van der Waals surface area contributed by atoms with Crippen LogP contribution in [0.2, 0.25) is 0 Å². The van der Waals surface area contributed by atoms with E-state index < -0.39 is 11.5 Å². The number of carbonyl (C=O) groups is 2. The molecule has 7 heteroatoms. The second-order valence-corrected chi connectivity index (χ2v) is 7.02. The van der Waals surface area contributed by atoms with E-state index >= 15 is 0 Å². The van der Waals surface area contributed by atoms with Crippen molar-refractivity contribution in [2.24, 2.45) is 0 Å². The molecule has 128 valence electrons. The molecule has 0 radical (unpaired) electrons. The van der Waals surface area contributed by atoms with Gasteiger partial charge in [0.25, 0.3) is 0 Å². The van der Waals surface area contributed by atoms with Gasteiger partial charge in [-0.1, -0.05) is 12.1 Å². The Hall–Kier alpha value is -2.28. The Morgan fingerprint density at radius 1 is 1.38 bits per heavy atom. The molecule has 2 aromatic rings. The van der Waals surface area contributed by atoms with Crippen LogP contribution in [0.15, 0.2) is 29.6 Å². The predicted octanol–water partition coefficient (Wildman–Crippen LogP) is 3.25. The van der Waals surface area contributed by atoms with Crippen molar-refractivity contribution in [3.05, 3.63) is 41.2 Å². The Morgan fingerprint density at radius 2 is 2.12 bits per heavy atom. The predicted molar refractivity (Wildman–Crippen MR) is 90.3 cm³/mol. The Balaban J connectivity index is 1.96. The SMILES string of the molecule is CC(C)(CCC(=O)O)NC(=O)Cc1csc(-c2cccc(F)c2)n1. The lowest BCUT2D eigenvalue weighted by Crippen LogP contribution is -2.44. The number of rotatable bonds is 7. The summed E-state index contributed by atoms with van der Waals surface area (Å²) in [4.78, 5) is 27.1. The molecule has 1 heterocycles. The van der Waals surface area contributed by atoms with Gasteiger partial charge in [0.1, 0.15) is 10.8 Å². The molecule has 5 nitrogen and oxygen atoms in total. The van der Waals surface area contributed by atoms with Crippen molar-refractivity contribution in [1.29, 1.82) is 0 Å². The van der Waals surface area contributed by atoms with Gasteiger partial charge in [0.2, 0.25) is 5.91 Å². The number of aliphatic carboxylic acids is 1. The molecule has 0 aliphatic rings. The highest BCUT2D eigenvalue weighted by Crippen LogP contribution is 2.24. The molecule has 1 amide bonds. The molecule has 0 unspecified atom stereocenters. The van der Waals surface area contributed by atoms with E-state index in [1.165, 1.54) is 23.5 Å². The summed E-state index contributed by atoms with van der Waals surface area (Å²) in [6.45, 7) is 3.57. The number of benzene rings is 1. The topological polar surface area (TPSA) is 79.3 Å². The Labute approximate surface area is 143 Å². The van der Waals surface area contributed by atoms with Crippen LogP contribution >= 0.6 is 11.3 Å². The van der Waals surface area contributed by atoms with Crippen LogP contribution in [0.5, 0.6) is 0 Å². The second kappa shape index (κ2) is 7.53. The first-order valence-corrected chi connectivity index (χ1v) is 8.36. The number of nitrogens with zero attached hydrogens (tertiary/aromatic N) is 1. The van der Waals surface area contributed by atoms with Crippen LogP contribution in [0, 0.1) is 5.82 Å². The summed E-state index contributed by atoms with van der Waals surface area (Å²) < 4.78 is 13.3. The number of carboxylic acid groups (broad SMARTS) is 1. The first-order chi connectivity index (χ1) is 11.2. The number of hydrogen-bond donors (Lipinski definition) is 2. The van der Waals surface area contributed by atoms with Gasteiger partial charge in [-0.2, -0.15) is 0 Å². The summed E-state index contributed by atoms with van der Waals surface area (Å²) in [6, 6.07) is 6.15. The number of halogens is 1. The van der Waals surface area contributed by atoms with Crippen molar-refractivity contribution < 1.29 is 19.1 Å². The molecule has 1 aromatic carbocycles. The summed E-state index contributed by atoms with van der Waals surface area (Å²) in [5.74, 6) is -1.44. The maximum Gasteiger partial charge on any atom is 0.303 e. The van der Waals surface area contributed by atoms with E-state index in [2.05, 4.69) is 10.3 Å². The average molecular weight is 350 g/mol. The van der Waals surface area contributed by atoms with Crippen molar-refractivity contribution in [2.75, 3.05) is 0 Å². The lowest BCUT2D eigenvalue weighted by Gasteiger charge is -2.25. The standard InChI is InChI=1S/C17H19FN2O3S/c1-17(2,7-6-15(22)23)20-14(21)9-13-10-24-16(19-13)11-4-3-5-12(18)8-11/h3-5,8,10H,6-7,9H2,1-2H3,(H,20,21)(H,22,23). The highest BCUT2D eigenvalue weighted by Gasteiger charge is 2.22. The van der Waals surface area contributed by atoms with Gasteiger partial charge >= 0.3 is 5.97 Å². The quantitative estimate of drug-likeness (QED) is 0.803. The fourth-order valence-corrected chi connectivity index (χ4v) is 3.03. The Morgan fingerprint density at radius 3 is 2.79 bits per heavy atom. The van der Waals surface area contributed by atoms with Crippen molar-refractivity contribution in [1.82, 2.24) is 10.3 Å². The van der Waals surface area contributed by atoms with Crippen molar-refractivity contribution in [3.63, 3.8) is 0 Å². The fourth-order valence-electron chi connectivity index (χ4n) is 2.21. The molecule has 0 bridgehead atoms. The van der Waals surface area contributed by atoms with Crippen LogP contribution in [0.3, 0.4) is 0 Å². The zero-order chi connectivity index (χ0) is 17.7. The number of nitrogens with one attached hydrogen (secondary N) is 1. The van der Waals surface area contributed by atoms with Crippen molar-refractivity contribution >= 4 is 23.2 Å². The summed E-state index contributed by atoms with van der Waals surface area (Å²) in [5, 5.41) is 14.0. The first-order valence-electron chi connectivity index (χ1n) is 7.48. The van der Waals surface area contributed by atoms with Crippen LogP contribution in [0.25, 0.3) is 10.6 Å². The molecular weight excluding hydrogens is 331 g/mol. The minimum atomic E-state index is -0.892. The van der Waals surface area contributed by atoms with E-state index in [4.69, 9.17) is 5.11 Å². The molecule has 2 N–H and O–H groups in total. The van der Waals surface area contributed by atoms with E-state index in [1.54, 1.807) is 31.4 Å². The van der Waals surface area contributed by atoms with Crippen LogP contribution in [-0.2, 0) is 16.0 Å². The number of carbonyl (C=O) groups excluding carboxylic acids is 1. The normalized spacial score (nSPS) is 11.3. The second-order valence-electron chi connectivity index (χ2n) is 6.16. The number of carboxylic acids is 1. The van der Waals surface area contributed by atoms with Gasteiger partial charge in [-0.15, -0.1) is 11.3 Å². The van der Waals surface area contributed by atoms with Gasteiger partial charge in [-0.25, -0.2) is 9.37 Å². The van der Waals surface area contributed by atoms with Crippen LogP contribution in [0.4, 0.5) is 4.39 Å². The lowest BCUT2D eigenvalue weighted by atomic mass is 9.98. The summed E-state index contributed by atoms with van der Waals surface area (Å²) in [7, 11) is 0. The first kappa shape index (κ1) is 18.1. The van der Waals surface area contributed by atoms with Gasteiger partial charge in [0.15, 0.2) is 0 Å². The summed E-state index contributed by atoms with van der Waals surface area (Å²) >= 11 is 1.35. The average Bonchev–Trinajstić information content (AvgIpc) is 2.93. The highest BCUT2D eigenvalue weighted by atomic mass is 32.1. The number of aromatic nitrogens is 1. The molecule has 0 saturated carbocycles. The molecule has 0 saturated heterocycles. The minimum absolute atomic E-state index is 0.00625. The number of thiazole rings is 1. The third kappa shape index (κ3) is 5.42. The molecule has 0 spiro atoms. The fraction of sp³-hybridized carbons (Fsp3) is 0.353. The van der Waals surface area contributed by atoms with E-state index in [1.807, 2.05) is 0 Å². The van der Waals surface area contributed by atoms with Gasteiger partial charge in [-0.05, 0) is 32.4 Å². The van der Waals surface area contributed by atoms with Crippen molar-refractivity contribution in [3.8, 4) is 10.6 Å². The van der Waals surface area contributed by atoms with Gasteiger partial charge < -0.3 is 10.4 Å². The third-order valence-corrected chi connectivity index (χ3v) is 4.35. The van der Waals surface area contributed by atoms with E-state index in [-0.39, 0.29) is 24.6 Å². The number of amides is 1. The van der Waals surface area contributed by atoms with E-state index in [0.717, 1.165) is 0 Å². The van der Waals surface area contributed by atoms with E-state index in [9.17, 15) is 14.0 Å². The monoisotopic (exact) mass is 350 g/mol. The Bertz CT molecular complexity index is 743. The van der Waals surface area contributed by atoms with Crippen LogP contribution < -0.4 is 5.32 Å². The zero-order valence-corrected chi connectivity index (χ0v) is 14.3. The maximum atomic E-state index is 13.3. The summed E-state index contributed by atoms with van der Waals surface area (Å²) in [5.41, 5.74) is 0.677. The molecule has 0 aliphatic carbocycles. The van der Waals surface area contributed by atoms with Crippen LogP contribution in [-0.4, -0.2) is 27.5 Å². The van der Waals surface area contributed by atoms with Gasteiger partial charge in [-0.3, -0.25) is 9.59 Å². The molecule has 0 aliphatic heterocycles. The maximum absolute atomic E-state index is 13.3. The highest BCUT2D eigenvalue weighted by molar-refractivity contribution is 7.13. The number of hydrogen-bond acceptors (Lipinski definition) is 4. The van der Waals surface area contributed by atoms with Gasteiger partial charge in [0.05, 0.1) is 12.1 Å². The third-order valence-electron chi connectivity index (χ3n) is 3.41. The zero-order valence-electron chi connectivity index (χ0n) is 13.5. The smallest absolute Gasteiger partial charge is 0.303 e. The Kier molecular flexibility index (Phi) is 5.66. The molecule has 2 rings (SSSR count). The minimum Gasteiger partial charge on any atom is -0.481 e. The summed E-state index contributed by atoms with van der Waals surface area (Å²) in [6.07, 6.45) is 0.440. The molecule has 0 fully saturated rings. The van der Waals surface area contributed by atoms with E-state index in [0.29, 0.717) is 22.7 Å². The molecular formula is C17H19FN2O3S. The largest absolute Gasteiger partial charge is 0.481 e. The van der Waals surface area contributed by atoms with Crippen LogP contribution in [0.1, 0.15) is 32.4 Å². The lowest BCUT2D eigenvalue weighted by molar-refractivity contribution is -0.137. The van der Waals surface area contributed by atoms with Crippen molar-refractivity contribution in [2.45, 2.75) is 38.6 Å². The molecule has 24 heavy (non-hydrogen) atoms. The van der Waals surface area contributed by atoms with Gasteiger partial charge in [0, 0.05) is 22.9 Å². The molecule has 1 aromatic heterocycles. The molecule has 0 atom stereocenters.